The molecule has 4 N–H and O–H groups in total. The van der Waals surface area contributed by atoms with E-state index in [1.54, 1.807) is 12.1 Å². The monoisotopic (exact) mass is 265 g/mol. The molecule has 1 fully saturated rings. The Kier molecular flexibility index (Phi) is 4.37. The predicted octanol–water partition coefficient (Wildman–Crippen LogP) is 2.06. The van der Waals surface area contributed by atoms with Crippen molar-refractivity contribution in [2.24, 2.45) is 22.7 Å². The Hall–Kier alpha value is -1.62. The number of halogens is 1. The molecule has 0 aliphatic heterocycles. The van der Waals surface area contributed by atoms with Crippen molar-refractivity contribution in [3.8, 4) is 0 Å². The molecule has 2 rings (SSSR count). The van der Waals surface area contributed by atoms with E-state index in [1.807, 2.05) is 0 Å². The van der Waals surface area contributed by atoms with Crippen molar-refractivity contribution in [3.05, 3.63) is 35.1 Å². The molecule has 1 unspecified atom stereocenters. The largest absolute Gasteiger partial charge is 0.409 e. The van der Waals surface area contributed by atoms with Crippen molar-refractivity contribution >= 4 is 5.84 Å². The topological polar surface area (TPSA) is 70.6 Å². The Bertz CT molecular complexity index is 472. The molecule has 0 bridgehead atoms. The number of nitrogens with zero attached hydrogens (tertiary/aromatic N) is 1. The van der Waals surface area contributed by atoms with Gasteiger partial charge in [-0.05, 0) is 37.3 Å². The quantitative estimate of drug-likeness (QED) is 0.319. The first kappa shape index (κ1) is 13.8. The molecule has 1 atom stereocenters. The Morgan fingerprint density at radius 3 is 2.89 bits per heavy atom. The highest BCUT2D eigenvalue weighted by Gasteiger charge is 2.27. The van der Waals surface area contributed by atoms with Gasteiger partial charge in [0.05, 0.1) is 0 Å². The van der Waals surface area contributed by atoms with E-state index < -0.39 is 0 Å². The summed E-state index contributed by atoms with van der Waals surface area (Å²) in [6, 6.07) is 4.60. The summed E-state index contributed by atoms with van der Waals surface area (Å²) in [5, 5.41) is 14.7. The number of nitrogens with one attached hydrogen (secondary N) is 1. The molecule has 0 heterocycles. The molecule has 1 aromatic rings. The van der Waals surface area contributed by atoms with Crippen molar-refractivity contribution in [1.29, 1.82) is 0 Å². The average molecular weight is 265 g/mol. The predicted molar refractivity (Wildman–Crippen MR) is 72.5 cm³/mol. The molecule has 0 spiro atoms. The van der Waals surface area contributed by atoms with Crippen LogP contribution in [0.4, 0.5) is 4.39 Å². The van der Waals surface area contributed by atoms with Gasteiger partial charge in [-0.3, -0.25) is 0 Å². The molecule has 1 aromatic carbocycles. The normalized spacial score (nSPS) is 17.5. The van der Waals surface area contributed by atoms with Crippen LogP contribution in [0, 0.1) is 17.7 Å². The van der Waals surface area contributed by atoms with E-state index in [0.29, 0.717) is 23.6 Å². The van der Waals surface area contributed by atoms with Crippen LogP contribution < -0.4 is 11.1 Å². The molecule has 0 amide bonds. The number of hydrogen-bond donors (Lipinski definition) is 3. The van der Waals surface area contributed by atoms with Crippen molar-refractivity contribution < 1.29 is 9.60 Å². The van der Waals surface area contributed by atoms with E-state index in [0.717, 1.165) is 12.5 Å². The van der Waals surface area contributed by atoms with Crippen molar-refractivity contribution in [2.75, 3.05) is 6.54 Å². The average Bonchev–Trinajstić information content (AvgIpc) is 3.23. The Labute approximate surface area is 112 Å². The van der Waals surface area contributed by atoms with Crippen molar-refractivity contribution in [1.82, 2.24) is 5.32 Å². The maximum absolute atomic E-state index is 13.8. The van der Waals surface area contributed by atoms with Crippen LogP contribution in [-0.2, 0) is 6.54 Å². The van der Waals surface area contributed by atoms with Crippen LogP contribution in [-0.4, -0.2) is 17.6 Å². The minimum atomic E-state index is -0.337. The van der Waals surface area contributed by atoms with Gasteiger partial charge in [0, 0.05) is 17.7 Å². The SMILES string of the molecule is CC(CNCc1ccc(/C(N)=N/O)cc1F)C1CC1. The fourth-order valence-corrected chi connectivity index (χ4v) is 2.17. The van der Waals surface area contributed by atoms with Crippen LogP contribution in [0.5, 0.6) is 0 Å². The van der Waals surface area contributed by atoms with Gasteiger partial charge in [0.25, 0.3) is 0 Å². The Morgan fingerprint density at radius 2 is 2.32 bits per heavy atom. The maximum atomic E-state index is 13.8. The third kappa shape index (κ3) is 3.67. The van der Waals surface area contributed by atoms with E-state index in [9.17, 15) is 4.39 Å². The van der Waals surface area contributed by atoms with E-state index in [-0.39, 0.29) is 11.7 Å². The van der Waals surface area contributed by atoms with Crippen LogP contribution in [0.1, 0.15) is 30.9 Å². The number of rotatable bonds is 6. The first-order valence-electron chi connectivity index (χ1n) is 6.59. The van der Waals surface area contributed by atoms with Crippen LogP contribution in [0.25, 0.3) is 0 Å². The number of benzene rings is 1. The van der Waals surface area contributed by atoms with Gasteiger partial charge in [0.15, 0.2) is 5.84 Å². The summed E-state index contributed by atoms with van der Waals surface area (Å²) in [7, 11) is 0. The molecule has 1 aliphatic carbocycles. The van der Waals surface area contributed by atoms with Gasteiger partial charge in [-0.1, -0.05) is 24.2 Å². The maximum Gasteiger partial charge on any atom is 0.170 e. The van der Waals surface area contributed by atoms with E-state index in [1.165, 1.54) is 18.9 Å². The summed E-state index contributed by atoms with van der Waals surface area (Å²) in [6.07, 6.45) is 2.65. The van der Waals surface area contributed by atoms with Gasteiger partial charge in [-0.15, -0.1) is 0 Å². The van der Waals surface area contributed by atoms with Crippen LogP contribution in [0.15, 0.2) is 23.4 Å². The van der Waals surface area contributed by atoms with Gasteiger partial charge in [-0.25, -0.2) is 4.39 Å². The molecule has 1 aliphatic rings. The fraction of sp³-hybridized carbons (Fsp3) is 0.500. The van der Waals surface area contributed by atoms with Crippen LogP contribution in [0.2, 0.25) is 0 Å². The van der Waals surface area contributed by atoms with Gasteiger partial charge in [-0.2, -0.15) is 0 Å². The molecule has 0 saturated heterocycles. The first-order valence-corrected chi connectivity index (χ1v) is 6.59. The minimum Gasteiger partial charge on any atom is -0.409 e. The molecule has 19 heavy (non-hydrogen) atoms. The van der Waals surface area contributed by atoms with Crippen molar-refractivity contribution in [3.63, 3.8) is 0 Å². The molecule has 1 saturated carbocycles. The van der Waals surface area contributed by atoms with Crippen LogP contribution in [0.3, 0.4) is 0 Å². The van der Waals surface area contributed by atoms with E-state index >= 15 is 0 Å². The highest BCUT2D eigenvalue weighted by atomic mass is 19.1. The molecule has 104 valence electrons. The lowest BCUT2D eigenvalue weighted by atomic mass is 10.1. The highest BCUT2D eigenvalue weighted by Crippen LogP contribution is 2.36. The number of oxime groups is 1. The second kappa shape index (κ2) is 6.02. The number of amidine groups is 1. The molecule has 5 heteroatoms. The standard InChI is InChI=1S/C14H20FN3O/c1-9(10-2-3-10)7-17-8-12-5-4-11(6-13(12)15)14(16)18-19/h4-6,9-10,17,19H,2-3,7-8H2,1H3,(H2,16,18). The number of hydrogen-bond acceptors (Lipinski definition) is 3. The van der Waals surface area contributed by atoms with Crippen molar-refractivity contribution in [2.45, 2.75) is 26.3 Å². The third-order valence-corrected chi connectivity index (χ3v) is 3.67. The van der Waals surface area contributed by atoms with Crippen LogP contribution >= 0.6 is 0 Å². The minimum absolute atomic E-state index is 0.0826. The zero-order valence-electron chi connectivity index (χ0n) is 11.1. The zero-order valence-corrected chi connectivity index (χ0v) is 11.1. The fourth-order valence-electron chi connectivity index (χ4n) is 2.17. The second-order valence-corrected chi connectivity index (χ2v) is 5.24. The molecule has 0 radical (unpaired) electrons. The summed E-state index contributed by atoms with van der Waals surface area (Å²) in [5.41, 5.74) is 6.39. The lowest BCUT2D eigenvalue weighted by molar-refractivity contribution is 0.318. The van der Waals surface area contributed by atoms with Gasteiger partial charge in [0.1, 0.15) is 5.82 Å². The van der Waals surface area contributed by atoms with E-state index in [2.05, 4.69) is 17.4 Å². The summed E-state index contributed by atoms with van der Waals surface area (Å²) in [4.78, 5) is 0. The molecular weight excluding hydrogens is 245 g/mol. The summed E-state index contributed by atoms with van der Waals surface area (Å²) >= 11 is 0. The Morgan fingerprint density at radius 1 is 1.58 bits per heavy atom. The zero-order chi connectivity index (χ0) is 13.8. The lowest BCUT2D eigenvalue weighted by Crippen LogP contribution is -2.22. The van der Waals surface area contributed by atoms with Gasteiger partial charge in [0.2, 0.25) is 0 Å². The second-order valence-electron chi connectivity index (χ2n) is 5.24. The van der Waals surface area contributed by atoms with Gasteiger partial charge < -0.3 is 16.3 Å². The summed E-state index contributed by atoms with van der Waals surface area (Å²) < 4.78 is 13.8. The first-order chi connectivity index (χ1) is 9.11. The molecule has 4 nitrogen and oxygen atoms in total. The van der Waals surface area contributed by atoms with Gasteiger partial charge >= 0.3 is 0 Å². The molecule has 0 aromatic heterocycles. The smallest absolute Gasteiger partial charge is 0.170 e. The lowest BCUT2D eigenvalue weighted by Gasteiger charge is -2.12. The molecular formula is C14H20FN3O. The van der Waals surface area contributed by atoms with E-state index in [4.69, 9.17) is 10.9 Å². The third-order valence-electron chi connectivity index (χ3n) is 3.67. The summed E-state index contributed by atoms with van der Waals surface area (Å²) in [6.45, 7) is 3.63. The highest BCUT2D eigenvalue weighted by molar-refractivity contribution is 5.97. The number of nitrogens with two attached hydrogens (primary N) is 1. The Balaban J connectivity index is 1.89. The summed E-state index contributed by atoms with van der Waals surface area (Å²) in [5.74, 6) is 1.08.